The van der Waals surface area contributed by atoms with Crippen LogP contribution in [0.5, 0.6) is 0 Å². The molecule has 5 fully saturated rings. The Balaban J connectivity index is 0.000000199. The van der Waals surface area contributed by atoms with E-state index in [1.165, 1.54) is 39.4 Å². The number of hydrogen-bond donors (Lipinski definition) is 4. The molecular formula is C49H52N7NaO9S. The van der Waals surface area contributed by atoms with Crippen LogP contribution in [0.2, 0.25) is 0 Å². The largest absolute Gasteiger partial charge is 1.00 e. The van der Waals surface area contributed by atoms with E-state index in [9.17, 15) is 39.0 Å². The van der Waals surface area contributed by atoms with Gasteiger partial charge in [0.2, 0.25) is 29.4 Å². The Hall–Kier alpha value is -5.01. The van der Waals surface area contributed by atoms with Crippen LogP contribution < -0.4 is 45.3 Å². The van der Waals surface area contributed by atoms with E-state index >= 15 is 0 Å². The average molecular weight is 938 g/mol. The van der Waals surface area contributed by atoms with Gasteiger partial charge < -0.3 is 40.4 Å². The Kier molecular flexibility index (Phi) is 12.3. The van der Waals surface area contributed by atoms with E-state index in [0.717, 1.165) is 34.2 Å². The van der Waals surface area contributed by atoms with E-state index < -0.39 is 58.3 Å². The fraction of sp³-hybridized carbons (Fsp3) is 0.429. The zero-order valence-electron chi connectivity index (χ0n) is 38.1. The smallest absolute Gasteiger partial charge is 0.548 e. The third kappa shape index (κ3) is 7.89. The van der Waals surface area contributed by atoms with Crippen molar-refractivity contribution in [1.82, 2.24) is 35.2 Å². The molecule has 1 aliphatic carbocycles. The van der Waals surface area contributed by atoms with Crippen molar-refractivity contribution in [3.8, 4) is 0 Å². The number of piperazine rings is 1. The summed E-state index contributed by atoms with van der Waals surface area (Å²) in [7, 11) is 2.02. The average Bonchev–Trinajstić information content (AvgIpc) is 4.05. The van der Waals surface area contributed by atoms with Gasteiger partial charge in [-0.15, -0.1) is 11.8 Å². The summed E-state index contributed by atoms with van der Waals surface area (Å²) in [6, 6.07) is 21.7. The van der Waals surface area contributed by atoms with Crippen LogP contribution in [0.25, 0.3) is 16.5 Å². The Bertz CT molecular complexity index is 2700. The number of ether oxygens (including phenoxy) is 1. The molecule has 16 nitrogen and oxygen atoms in total. The Morgan fingerprint density at radius 3 is 2.36 bits per heavy atom. The van der Waals surface area contributed by atoms with Crippen LogP contribution in [0.15, 0.2) is 91.1 Å². The maximum Gasteiger partial charge on any atom is 1.00 e. The van der Waals surface area contributed by atoms with Crippen LogP contribution in [-0.4, -0.2) is 137 Å². The van der Waals surface area contributed by atoms with Crippen molar-refractivity contribution in [3.63, 3.8) is 0 Å². The number of carbonyl (C=O) groups excluding carboxylic acids is 6. The number of nitrogens with zero attached hydrogens (tertiary/aromatic N) is 4. The number of β-lactam (4-membered cyclic amide) rings is 1. The van der Waals surface area contributed by atoms with Crippen LogP contribution in [0.3, 0.4) is 0 Å². The van der Waals surface area contributed by atoms with Gasteiger partial charge in [-0.1, -0.05) is 78.9 Å². The summed E-state index contributed by atoms with van der Waals surface area (Å²) >= 11 is 1.38. The summed E-state index contributed by atoms with van der Waals surface area (Å²) in [4.78, 5) is 87.2. The molecule has 1 aromatic heterocycles. The second kappa shape index (κ2) is 17.5. The van der Waals surface area contributed by atoms with E-state index in [0.29, 0.717) is 25.9 Å². The monoisotopic (exact) mass is 937 g/mol. The summed E-state index contributed by atoms with van der Waals surface area (Å²) in [6.45, 7) is 5.99. The molecule has 5 saturated heterocycles. The first-order valence-corrected chi connectivity index (χ1v) is 23.3. The predicted octanol–water partition coefficient (Wildman–Crippen LogP) is -1.48. The maximum atomic E-state index is 14.2. The van der Waals surface area contributed by atoms with Crippen molar-refractivity contribution in [2.45, 2.75) is 105 Å². The molecule has 344 valence electrons. The number of aromatic amines is 1. The minimum absolute atomic E-state index is 0. The number of aliphatic hydroxyl groups is 1. The molecule has 0 unspecified atom stereocenters. The van der Waals surface area contributed by atoms with Crippen LogP contribution in [-0.2, 0) is 52.8 Å². The summed E-state index contributed by atoms with van der Waals surface area (Å²) in [6.07, 6.45) is 6.57. The van der Waals surface area contributed by atoms with Crippen LogP contribution in [0.4, 0.5) is 0 Å². The first-order valence-electron chi connectivity index (χ1n) is 22.5. The van der Waals surface area contributed by atoms with Crippen LogP contribution in [0.1, 0.15) is 55.9 Å². The number of carboxylic acids is 1. The third-order valence-electron chi connectivity index (χ3n) is 14.3. The van der Waals surface area contributed by atoms with Gasteiger partial charge in [0.15, 0.2) is 0 Å². The van der Waals surface area contributed by atoms with Gasteiger partial charge in [0.05, 0.1) is 24.3 Å². The van der Waals surface area contributed by atoms with Gasteiger partial charge in [0, 0.05) is 47.4 Å². The molecule has 7 heterocycles. The standard InChI is InChI=1S/C33H35N5O5.C16H18N2O4S.Na/c1-32(35-29(39)21-15-23-22-10-6-11-24-28(22)20(17-34-24)16-25(23)36(2)18-21)31(41)38-26(14-19-8-4-3-5-9-19)30(40)37-13-7-12-27(37)33(38,42)43-32;1-16(2)12(15(21)22)18-13(20)11(14(18)23-16)17-10(19)8-9-6-4-3-5-7-9;/h3-6,8-11,15,17,21,25-27,34,42H,7,12-14,16,18H2,1-2H3,(H,35,39);3-7,11-12,14H,8H2,1-2H3,(H,17,19)(H,21,22);/q;;+1/p-1/t21-,25-,26+,27+,32-,33+;11-,12+,14-;/m11./s1. The number of aromatic nitrogens is 1. The molecule has 4 aromatic rings. The molecule has 67 heavy (non-hydrogen) atoms. The molecule has 0 bridgehead atoms. The van der Waals surface area contributed by atoms with Crippen molar-refractivity contribution in [2.75, 3.05) is 20.1 Å². The molecule has 5 amide bonds. The molecule has 6 aliphatic heterocycles. The minimum Gasteiger partial charge on any atom is -0.548 e. The zero-order chi connectivity index (χ0) is 46.4. The number of amides is 5. The van der Waals surface area contributed by atoms with Crippen molar-refractivity contribution >= 4 is 63.7 Å². The molecule has 7 aliphatic rings. The Labute approximate surface area is 414 Å². The van der Waals surface area contributed by atoms with E-state index in [1.807, 2.05) is 79.9 Å². The number of rotatable bonds is 8. The molecule has 4 N–H and O–H groups in total. The van der Waals surface area contributed by atoms with Crippen molar-refractivity contribution in [2.24, 2.45) is 5.92 Å². The summed E-state index contributed by atoms with van der Waals surface area (Å²) in [5.74, 6) is -5.63. The van der Waals surface area contributed by atoms with E-state index in [1.54, 1.807) is 18.7 Å². The topological polar surface area (TPSA) is 208 Å². The number of carboxylic acid groups (broad SMARTS) is 1. The number of aliphatic carboxylic acids is 1. The van der Waals surface area contributed by atoms with E-state index in [-0.39, 0.29) is 77.4 Å². The van der Waals surface area contributed by atoms with Gasteiger partial charge in [-0.3, -0.25) is 38.5 Å². The molecular weight excluding hydrogens is 886 g/mol. The summed E-state index contributed by atoms with van der Waals surface area (Å²) in [5, 5.41) is 29.8. The molecule has 18 heteroatoms. The van der Waals surface area contributed by atoms with Crippen molar-refractivity contribution in [3.05, 3.63) is 113 Å². The number of H-pyrrole nitrogens is 1. The molecule has 9 atom stereocenters. The second-order valence-corrected chi connectivity index (χ2v) is 20.8. The molecule has 0 spiro atoms. The van der Waals surface area contributed by atoms with Gasteiger partial charge in [0.1, 0.15) is 23.5 Å². The Morgan fingerprint density at radius 1 is 0.955 bits per heavy atom. The van der Waals surface area contributed by atoms with Gasteiger partial charge in [-0.25, -0.2) is 0 Å². The first kappa shape index (κ1) is 47.1. The number of likely N-dealkylation sites (N-methyl/N-ethyl adjacent to an activating group) is 1. The van der Waals surface area contributed by atoms with Crippen molar-refractivity contribution in [1.29, 1.82) is 0 Å². The Morgan fingerprint density at radius 2 is 1.66 bits per heavy atom. The molecule has 11 rings (SSSR count). The number of benzene rings is 3. The number of fused-ring (bicyclic) bond motifs is 6. The first-order chi connectivity index (χ1) is 31.5. The van der Waals surface area contributed by atoms with Gasteiger partial charge >= 0.3 is 29.6 Å². The second-order valence-electron chi connectivity index (χ2n) is 19.1. The predicted molar refractivity (Wildman–Crippen MR) is 241 cm³/mol. The maximum absolute atomic E-state index is 14.2. The number of thioether (sulfide) groups is 1. The minimum atomic E-state index is -2.04. The normalized spacial score (nSPS) is 31.0. The fourth-order valence-electron chi connectivity index (χ4n) is 11.3. The molecule has 3 aromatic carbocycles. The number of carbonyl (C=O) groups is 6. The summed E-state index contributed by atoms with van der Waals surface area (Å²) < 4.78 is 5.59. The third-order valence-corrected chi connectivity index (χ3v) is 15.9. The quantitative estimate of drug-likeness (QED) is 0.119. The molecule has 0 radical (unpaired) electrons. The number of nitrogens with one attached hydrogen (secondary N) is 3. The zero-order valence-corrected chi connectivity index (χ0v) is 40.9. The van der Waals surface area contributed by atoms with Crippen molar-refractivity contribution < 1.29 is 73.3 Å². The SMILES string of the molecule is CC1(C)S[C@@H]2[C@H](NC(=O)Cc3ccccc3)C(=O)N2[C@H]1C(=O)[O-].CN1C[C@H](C(=O)N[C@]2(C)O[C@@]3(O)[C@@H]4CCCN4C(=O)[C@H](Cc4ccccc4)N3C2=O)C=C2c3cccc4[nH]cc(c34)C[C@H]21.[Na+]. The fourth-order valence-corrected chi connectivity index (χ4v) is 12.9. The van der Waals surface area contributed by atoms with Gasteiger partial charge in [-0.05, 0) is 81.0 Å². The number of hydrogen-bond acceptors (Lipinski definition) is 11. The van der Waals surface area contributed by atoms with Gasteiger partial charge in [-0.2, -0.15) is 0 Å². The summed E-state index contributed by atoms with van der Waals surface area (Å²) in [5.41, 5.74) is 4.44. The van der Waals surface area contributed by atoms with E-state index in [4.69, 9.17) is 4.74 Å². The van der Waals surface area contributed by atoms with Crippen LogP contribution >= 0.6 is 11.8 Å². The molecule has 0 saturated carbocycles. The van der Waals surface area contributed by atoms with Gasteiger partial charge in [0.25, 0.3) is 11.8 Å². The van der Waals surface area contributed by atoms with Crippen LogP contribution in [0, 0.1) is 5.92 Å². The van der Waals surface area contributed by atoms with E-state index in [2.05, 4.69) is 38.8 Å².